The van der Waals surface area contributed by atoms with Gasteiger partial charge in [0, 0.05) is 31.1 Å². The molecule has 2 amide bonds. The number of nitrogens with zero attached hydrogens (tertiary/aromatic N) is 3. The minimum atomic E-state index is -0.319. The summed E-state index contributed by atoms with van der Waals surface area (Å²) in [6, 6.07) is 1.76. The molecule has 4 heterocycles. The Balaban J connectivity index is 1.55. The number of hydrogen-bond donors (Lipinski definition) is 3. The number of aromatic amines is 1. The molecule has 0 aliphatic carbocycles. The van der Waals surface area contributed by atoms with Crippen LogP contribution in [0.3, 0.4) is 0 Å². The van der Waals surface area contributed by atoms with Gasteiger partial charge in [-0.25, -0.2) is 5.43 Å². The van der Waals surface area contributed by atoms with Crippen molar-refractivity contribution in [3.8, 4) is 5.75 Å². The molecule has 1 aromatic rings. The Morgan fingerprint density at radius 1 is 1.42 bits per heavy atom. The van der Waals surface area contributed by atoms with Gasteiger partial charge in [-0.05, 0) is 25.1 Å². The van der Waals surface area contributed by atoms with Crippen molar-refractivity contribution in [1.29, 1.82) is 0 Å². The van der Waals surface area contributed by atoms with E-state index in [-0.39, 0.29) is 12.1 Å². The fourth-order valence-corrected chi connectivity index (χ4v) is 3.39. The summed E-state index contributed by atoms with van der Waals surface area (Å²) >= 11 is 0. The van der Waals surface area contributed by atoms with Gasteiger partial charge in [-0.3, -0.25) is 19.9 Å². The van der Waals surface area contributed by atoms with E-state index in [1.807, 2.05) is 22.0 Å². The largest absolute Gasteiger partial charge is 0.469 e. The van der Waals surface area contributed by atoms with Crippen LogP contribution in [0.1, 0.15) is 17.4 Å². The van der Waals surface area contributed by atoms with E-state index in [0.29, 0.717) is 24.1 Å². The predicted molar refractivity (Wildman–Crippen MR) is 94.9 cm³/mol. The molecule has 1 atom stereocenters. The van der Waals surface area contributed by atoms with Crippen molar-refractivity contribution in [2.45, 2.75) is 13.1 Å². The Kier molecular flexibility index (Phi) is 4.17. The Hall–Kier alpha value is -2.78. The number of H-pyrrole nitrogens is 1. The number of likely N-dealkylation sites (tertiary alicyclic amines) is 1. The molecule has 3 aliphatic heterocycles. The van der Waals surface area contributed by atoms with Gasteiger partial charge in [-0.1, -0.05) is 6.92 Å². The number of hydrogen-bond acceptors (Lipinski definition) is 6. The first-order chi connectivity index (χ1) is 12.6. The fourth-order valence-electron chi connectivity index (χ4n) is 3.39. The lowest BCUT2D eigenvalue weighted by atomic mass is 10.0. The van der Waals surface area contributed by atoms with E-state index in [9.17, 15) is 9.59 Å². The summed E-state index contributed by atoms with van der Waals surface area (Å²) in [6.45, 7) is 4.06. The molecule has 0 radical (unpaired) electrons. The second-order valence-electron chi connectivity index (χ2n) is 6.71. The van der Waals surface area contributed by atoms with Crippen LogP contribution in [0.25, 0.3) is 0 Å². The van der Waals surface area contributed by atoms with Crippen molar-refractivity contribution < 1.29 is 14.3 Å². The van der Waals surface area contributed by atoms with Crippen molar-refractivity contribution in [3.05, 3.63) is 35.8 Å². The van der Waals surface area contributed by atoms with Crippen LogP contribution in [0.5, 0.6) is 5.75 Å². The van der Waals surface area contributed by atoms with Crippen LogP contribution >= 0.6 is 0 Å². The van der Waals surface area contributed by atoms with Gasteiger partial charge in [0.05, 0.1) is 0 Å². The summed E-state index contributed by atoms with van der Waals surface area (Å²) < 4.78 is 5.73. The van der Waals surface area contributed by atoms with Crippen molar-refractivity contribution >= 4 is 18.1 Å². The maximum absolute atomic E-state index is 12.5. The molecular weight excluding hydrogens is 336 g/mol. The molecule has 1 unspecified atom stereocenters. The van der Waals surface area contributed by atoms with Gasteiger partial charge in [-0.2, -0.15) is 0 Å². The summed E-state index contributed by atoms with van der Waals surface area (Å²) in [5.41, 5.74) is 7.24. The number of allylic oxidation sites excluding steroid dienone is 1. The number of hydrazine groups is 1. The first-order valence-electron chi connectivity index (χ1n) is 8.58. The summed E-state index contributed by atoms with van der Waals surface area (Å²) in [6.07, 6.45) is 5.87. The third kappa shape index (κ3) is 2.74. The normalized spacial score (nSPS) is 22.0. The Morgan fingerprint density at radius 2 is 2.23 bits per heavy atom. The standard InChI is InChI=1S/C17H22N6O3/c1-11-7-22(8-11)17(25)13-6-14-16(19-13)23(10-26-14)12-3-4-21(9-24)15(5-12)20-18-2/h3-6,9,11,15,18-20H,7-8,10H2,1-2H3. The van der Waals surface area contributed by atoms with E-state index in [0.717, 1.165) is 31.0 Å². The first kappa shape index (κ1) is 16.7. The highest BCUT2D eigenvalue weighted by molar-refractivity contribution is 5.95. The van der Waals surface area contributed by atoms with Crippen molar-refractivity contribution in [2.24, 2.45) is 5.92 Å². The highest BCUT2D eigenvalue weighted by Gasteiger charge is 2.33. The minimum absolute atomic E-state index is 0.00364. The van der Waals surface area contributed by atoms with E-state index in [1.165, 1.54) is 4.90 Å². The number of amides is 2. The number of carbonyl (C=O) groups is 2. The van der Waals surface area contributed by atoms with Gasteiger partial charge in [0.25, 0.3) is 5.91 Å². The molecule has 26 heavy (non-hydrogen) atoms. The van der Waals surface area contributed by atoms with E-state index in [1.54, 1.807) is 19.3 Å². The van der Waals surface area contributed by atoms with Crippen LogP contribution in [0.15, 0.2) is 30.1 Å². The molecule has 0 saturated carbocycles. The summed E-state index contributed by atoms with van der Waals surface area (Å²) in [5, 5.41) is 0. The average Bonchev–Trinajstić information content (AvgIpc) is 3.19. The van der Waals surface area contributed by atoms with Crippen molar-refractivity contribution in [2.75, 3.05) is 31.8 Å². The molecule has 4 rings (SSSR count). The number of carbonyl (C=O) groups excluding carboxylic acids is 2. The second kappa shape index (κ2) is 6.50. The van der Waals surface area contributed by atoms with E-state index < -0.39 is 0 Å². The van der Waals surface area contributed by atoms with Gasteiger partial charge in [0.15, 0.2) is 18.3 Å². The molecule has 9 heteroatoms. The quantitative estimate of drug-likeness (QED) is 0.514. The third-order valence-electron chi connectivity index (χ3n) is 4.76. The van der Waals surface area contributed by atoms with Crippen LogP contribution in [0, 0.1) is 5.92 Å². The topological polar surface area (TPSA) is 92.9 Å². The molecule has 0 spiro atoms. The smallest absolute Gasteiger partial charge is 0.270 e. The molecular formula is C17H22N6O3. The molecule has 3 N–H and O–H groups in total. The predicted octanol–water partition coefficient (Wildman–Crippen LogP) is 0.183. The van der Waals surface area contributed by atoms with Gasteiger partial charge >= 0.3 is 0 Å². The molecule has 1 fully saturated rings. The van der Waals surface area contributed by atoms with Gasteiger partial charge < -0.3 is 19.5 Å². The monoisotopic (exact) mass is 358 g/mol. The molecule has 0 bridgehead atoms. The molecule has 138 valence electrons. The van der Waals surface area contributed by atoms with Crippen LogP contribution in [-0.4, -0.2) is 60.1 Å². The minimum Gasteiger partial charge on any atom is -0.469 e. The molecule has 1 saturated heterocycles. The summed E-state index contributed by atoms with van der Waals surface area (Å²) in [5.74, 6) is 1.97. The number of anilines is 1. The zero-order valence-electron chi connectivity index (χ0n) is 14.7. The average molecular weight is 358 g/mol. The van der Waals surface area contributed by atoms with E-state index in [4.69, 9.17) is 4.74 Å². The highest BCUT2D eigenvalue weighted by atomic mass is 16.5. The van der Waals surface area contributed by atoms with Crippen LogP contribution < -0.4 is 20.5 Å². The van der Waals surface area contributed by atoms with Crippen LogP contribution in [0.4, 0.5) is 5.82 Å². The van der Waals surface area contributed by atoms with E-state index in [2.05, 4.69) is 22.8 Å². The lowest BCUT2D eigenvalue weighted by Crippen LogP contribution is -2.48. The number of nitrogens with one attached hydrogen (secondary N) is 3. The SMILES string of the molecule is CNNC1C=C(N2COc3cc(C(=O)N4CC(C)C4)[nH]c32)C=CN1C=O. The number of rotatable bonds is 5. The highest BCUT2D eigenvalue weighted by Crippen LogP contribution is 2.38. The Morgan fingerprint density at radius 3 is 2.92 bits per heavy atom. The molecule has 0 aromatic carbocycles. The summed E-state index contributed by atoms with van der Waals surface area (Å²) in [4.78, 5) is 32.1. The Labute approximate surface area is 151 Å². The Bertz CT molecular complexity index is 779. The summed E-state index contributed by atoms with van der Waals surface area (Å²) in [7, 11) is 1.74. The van der Waals surface area contributed by atoms with Crippen molar-refractivity contribution in [3.63, 3.8) is 0 Å². The molecule has 9 nitrogen and oxygen atoms in total. The first-order valence-corrected chi connectivity index (χ1v) is 8.58. The molecule has 3 aliphatic rings. The van der Waals surface area contributed by atoms with Crippen molar-refractivity contribution in [1.82, 2.24) is 25.6 Å². The zero-order valence-corrected chi connectivity index (χ0v) is 14.7. The van der Waals surface area contributed by atoms with E-state index >= 15 is 0 Å². The maximum Gasteiger partial charge on any atom is 0.270 e. The fraction of sp³-hybridized carbons (Fsp3) is 0.412. The van der Waals surface area contributed by atoms with Crippen LogP contribution in [0.2, 0.25) is 0 Å². The lowest BCUT2D eigenvalue weighted by Gasteiger charge is -2.36. The second-order valence-corrected chi connectivity index (χ2v) is 6.71. The van der Waals surface area contributed by atoms with Gasteiger partial charge in [-0.15, -0.1) is 0 Å². The van der Waals surface area contributed by atoms with Crippen LogP contribution in [-0.2, 0) is 4.79 Å². The van der Waals surface area contributed by atoms with Gasteiger partial charge in [0.1, 0.15) is 11.9 Å². The third-order valence-corrected chi connectivity index (χ3v) is 4.76. The lowest BCUT2D eigenvalue weighted by molar-refractivity contribution is -0.117. The molecule has 1 aromatic heterocycles. The van der Waals surface area contributed by atoms with Gasteiger partial charge in [0.2, 0.25) is 6.41 Å². The number of fused-ring (bicyclic) bond motifs is 1. The zero-order chi connectivity index (χ0) is 18.3. The number of aromatic nitrogens is 1. The number of ether oxygens (including phenoxy) is 1. The maximum atomic E-state index is 12.5.